The first-order valence-electron chi connectivity index (χ1n) is 17.2. The number of aryl methyl sites for hydroxylation is 1. The lowest BCUT2D eigenvalue weighted by Gasteiger charge is -2.47. The zero-order valence-corrected chi connectivity index (χ0v) is 29.1. The Morgan fingerprint density at radius 1 is 1.04 bits per heavy atom. The second-order valence-electron chi connectivity index (χ2n) is 14.2. The third kappa shape index (κ3) is 8.66. The van der Waals surface area contributed by atoms with Crippen LogP contribution in [0.25, 0.3) is 0 Å². The average molecular weight is 653 g/mol. The predicted octanol–water partition coefficient (Wildman–Crippen LogP) is 4.33. The number of benzene rings is 1. The van der Waals surface area contributed by atoms with E-state index in [1.54, 1.807) is 36.0 Å². The molecule has 1 saturated carbocycles. The quantitative estimate of drug-likeness (QED) is 0.353. The summed E-state index contributed by atoms with van der Waals surface area (Å²) >= 11 is 0. The highest BCUT2D eigenvalue weighted by atomic mass is 19.1. The predicted molar refractivity (Wildman–Crippen MR) is 179 cm³/mol. The van der Waals surface area contributed by atoms with Crippen LogP contribution in [0, 0.1) is 17.7 Å². The van der Waals surface area contributed by atoms with E-state index in [4.69, 9.17) is 0 Å². The van der Waals surface area contributed by atoms with Gasteiger partial charge in [-0.2, -0.15) is 5.10 Å². The molecule has 258 valence electrons. The Morgan fingerprint density at radius 3 is 2.36 bits per heavy atom. The standard InChI is InChI=1S/C36H53FN6O4/c1-8-31(45)39-32(35(47)42-19-18-41(7)22-36(42,5)6)24(4)26-14-15-27(28(37)20-26)21-30(44)33(25-12-10-23(3)11-13-25)40-34(46)29-16-17-38-43(29)9-2/h14-17,20,23-25,32-33H,8-13,18-19,21-22H2,1-7H3,(H,39,45)(H,40,46)/t23?,24-,25?,32+,33-/m0/s1. The topological polar surface area (TPSA) is 117 Å². The summed E-state index contributed by atoms with van der Waals surface area (Å²) in [5.41, 5.74) is 0.735. The van der Waals surface area contributed by atoms with Crippen molar-refractivity contribution in [3.05, 3.63) is 53.1 Å². The number of amides is 3. The second kappa shape index (κ2) is 15.5. The van der Waals surface area contributed by atoms with Crippen LogP contribution in [0.3, 0.4) is 0 Å². The Balaban J connectivity index is 1.54. The van der Waals surface area contributed by atoms with Crippen molar-refractivity contribution in [2.24, 2.45) is 11.8 Å². The number of piperazine rings is 1. The second-order valence-corrected chi connectivity index (χ2v) is 14.2. The lowest BCUT2D eigenvalue weighted by Crippen LogP contribution is -2.64. The minimum Gasteiger partial charge on any atom is -0.344 e. The molecule has 1 saturated heterocycles. The van der Waals surface area contributed by atoms with Gasteiger partial charge in [0, 0.05) is 51.1 Å². The maximum Gasteiger partial charge on any atom is 0.270 e. The van der Waals surface area contributed by atoms with E-state index in [1.807, 2.05) is 39.6 Å². The SMILES string of the molecule is CCC(=O)N[C@@H](C(=O)N1CCN(C)CC1(C)C)[C@@H](C)c1ccc(CC(=O)[C@@H](NC(=O)c2ccnn2CC)C2CCC(C)CC2)c(F)c1. The van der Waals surface area contributed by atoms with Gasteiger partial charge in [0.1, 0.15) is 17.6 Å². The van der Waals surface area contributed by atoms with Gasteiger partial charge in [0.05, 0.1) is 11.6 Å². The van der Waals surface area contributed by atoms with Gasteiger partial charge in [0.25, 0.3) is 5.91 Å². The summed E-state index contributed by atoms with van der Waals surface area (Å²) in [4.78, 5) is 57.6. The summed E-state index contributed by atoms with van der Waals surface area (Å²) in [5.74, 6) is -1.59. The molecule has 3 amide bonds. The minimum atomic E-state index is -0.873. The number of Topliss-reactive ketones (excluding diaryl/α,β-unsaturated/α-hetero) is 1. The number of carbonyl (C=O) groups is 4. The number of hydrogen-bond acceptors (Lipinski definition) is 6. The largest absolute Gasteiger partial charge is 0.344 e. The van der Waals surface area contributed by atoms with Crippen LogP contribution in [0.15, 0.2) is 30.5 Å². The zero-order chi connectivity index (χ0) is 34.5. The third-order valence-corrected chi connectivity index (χ3v) is 10.1. The van der Waals surface area contributed by atoms with Gasteiger partial charge in [-0.25, -0.2) is 4.39 Å². The Hall–Kier alpha value is -3.60. The molecule has 2 aromatic rings. The van der Waals surface area contributed by atoms with E-state index >= 15 is 4.39 Å². The number of rotatable bonds is 12. The van der Waals surface area contributed by atoms with Crippen LogP contribution >= 0.6 is 0 Å². The van der Waals surface area contributed by atoms with Crippen molar-refractivity contribution in [1.82, 2.24) is 30.2 Å². The molecule has 1 aliphatic heterocycles. The van der Waals surface area contributed by atoms with Gasteiger partial charge in [-0.05, 0) is 75.8 Å². The van der Waals surface area contributed by atoms with Crippen LogP contribution in [0.5, 0.6) is 0 Å². The van der Waals surface area contributed by atoms with Crippen LogP contribution in [0.4, 0.5) is 4.39 Å². The van der Waals surface area contributed by atoms with Crippen molar-refractivity contribution < 1.29 is 23.6 Å². The van der Waals surface area contributed by atoms with Crippen LogP contribution in [-0.4, -0.2) is 87.4 Å². The maximum absolute atomic E-state index is 15.8. The van der Waals surface area contributed by atoms with Crippen LogP contribution in [-0.2, 0) is 27.3 Å². The van der Waals surface area contributed by atoms with Gasteiger partial charge in [0.2, 0.25) is 11.8 Å². The third-order valence-electron chi connectivity index (χ3n) is 10.1. The van der Waals surface area contributed by atoms with Crippen LogP contribution < -0.4 is 10.6 Å². The first kappa shape index (κ1) is 36.2. The number of carbonyl (C=O) groups excluding carboxylic acids is 4. The maximum atomic E-state index is 15.8. The zero-order valence-electron chi connectivity index (χ0n) is 29.1. The number of nitrogens with zero attached hydrogens (tertiary/aromatic N) is 4. The van der Waals surface area contributed by atoms with E-state index in [-0.39, 0.29) is 47.8 Å². The highest BCUT2D eigenvalue weighted by Gasteiger charge is 2.41. The van der Waals surface area contributed by atoms with Crippen LogP contribution in [0.1, 0.15) is 101 Å². The number of halogens is 1. The molecule has 47 heavy (non-hydrogen) atoms. The fourth-order valence-corrected chi connectivity index (χ4v) is 7.20. The highest BCUT2D eigenvalue weighted by Crippen LogP contribution is 2.32. The van der Waals surface area contributed by atoms with Crippen molar-refractivity contribution >= 4 is 23.5 Å². The van der Waals surface area contributed by atoms with Gasteiger partial charge < -0.3 is 20.4 Å². The molecule has 0 unspecified atom stereocenters. The van der Waals surface area contributed by atoms with Gasteiger partial charge in [-0.15, -0.1) is 0 Å². The molecule has 0 bridgehead atoms. The summed E-state index contributed by atoms with van der Waals surface area (Å²) in [6.45, 7) is 14.1. The normalized spacial score (nSPS) is 21.8. The van der Waals surface area contributed by atoms with E-state index < -0.39 is 29.4 Å². The number of likely N-dealkylation sites (N-methyl/N-ethyl adjacent to an activating group) is 1. The van der Waals surface area contributed by atoms with E-state index in [9.17, 15) is 19.2 Å². The van der Waals surface area contributed by atoms with Crippen molar-refractivity contribution in [3.63, 3.8) is 0 Å². The molecule has 0 radical (unpaired) electrons. The molecular weight excluding hydrogens is 599 g/mol. The van der Waals surface area contributed by atoms with E-state index in [1.165, 1.54) is 6.07 Å². The molecule has 1 aromatic carbocycles. The summed E-state index contributed by atoms with van der Waals surface area (Å²) in [7, 11) is 2.02. The summed E-state index contributed by atoms with van der Waals surface area (Å²) in [5, 5.41) is 10.1. The Kier molecular flexibility index (Phi) is 12.0. The molecule has 1 aliphatic carbocycles. The monoisotopic (exact) mass is 652 g/mol. The van der Waals surface area contributed by atoms with Crippen molar-refractivity contribution in [3.8, 4) is 0 Å². The molecule has 2 fully saturated rings. The van der Waals surface area contributed by atoms with Gasteiger partial charge >= 0.3 is 0 Å². The summed E-state index contributed by atoms with van der Waals surface area (Å²) < 4.78 is 17.4. The van der Waals surface area contributed by atoms with Gasteiger partial charge in [-0.1, -0.05) is 45.7 Å². The van der Waals surface area contributed by atoms with E-state index in [0.29, 0.717) is 36.8 Å². The Bertz CT molecular complexity index is 1430. The average Bonchev–Trinajstić information content (AvgIpc) is 3.52. The van der Waals surface area contributed by atoms with Gasteiger partial charge in [0.15, 0.2) is 5.78 Å². The number of nitrogens with one attached hydrogen (secondary N) is 2. The smallest absolute Gasteiger partial charge is 0.270 e. The Morgan fingerprint density at radius 2 is 1.74 bits per heavy atom. The summed E-state index contributed by atoms with van der Waals surface area (Å²) in [6.07, 6.45) is 5.17. The lowest BCUT2D eigenvalue weighted by molar-refractivity contribution is -0.144. The fourth-order valence-electron chi connectivity index (χ4n) is 7.20. The van der Waals surface area contributed by atoms with Gasteiger partial charge in [-0.3, -0.25) is 23.9 Å². The molecule has 2 aliphatic rings. The molecular formula is C36H53FN6O4. The van der Waals surface area contributed by atoms with Crippen molar-refractivity contribution in [1.29, 1.82) is 0 Å². The molecule has 4 rings (SSSR count). The fraction of sp³-hybridized carbons (Fsp3) is 0.639. The molecule has 3 atom stereocenters. The molecule has 10 nitrogen and oxygen atoms in total. The van der Waals surface area contributed by atoms with E-state index in [2.05, 4.69) is 27.6 Å². The molecule has 2 N–H and O–H groups in total. The van der Waals surface area contributed by atoms with Crippen molar-refractivity contribution in [2.75, 3.05) is 26.7 Å². The lowest BCUT2D eigenvalue weighted by atomic mass is 9.77. The first-order valence-corrected chi connectivity index (χ1v) is 17.2. The first-order chi connectivity index (χ1) is 22.2. The minimum absolute atomic E-state index is 0.0317. The van der Waals surface area contributed by atoms with Crippen molar-refractivity contribution in [2.45, 2.75) is 110 Å². The number of hydrogen-bond donors (Lipinski definition) is 2. The van der Waals surface area contributed by atoms with Crippen LogP contribution in [0.2, 0.25) is 0 Å². The molecule has 0 spiro atoms. The number of aromatic nitrogens is 2. The molecule has 1 aromatic heterocycles. The molecule has 11 heteroatoms. The molecule has 2 heterocycles. The number of ketones is 1. The highest BCUT2D eigenvalue weighted by molar-refractivity contribution is 5.97. The Labute approximate surface area is 278 Å². The van der Waals surface area contributed by atoms with E-state index in [0.717, 1.165) is 32.2 Å². The summed E-state index contributed by atoms with van der Waals surface area (Å²) in [6, 6.07) is 4.72.